The Kier molecular flexibility index (Phi) is 9.22. The molecule has 0 atom stereocenters. The maximum atomic E-state index is 4.76. The summed E-state index contributed by atoms with van der Waals surface area (Å²) in [6.07, 6.45) is 10.1. The van der Waals surface area contributed by atoms with Gasteiger partial charge in [-0.1, -0.05) is 49.6 Å². The molecule has 1 aromatic heterocycles. The number of para-hydroxylation sites is 1. The van der Waals surface area contributed by atoms with E-state index in [2.05, 4.69) is 15.0 Å². The van der Waals surface area contributed by atoms with Gasteiger partial charge in [0.25, 0.3) is 0 Å². The van der Waals surface area contributed by atoms with E-state index in [0.29, 0.717) is 6.04 Å². The number of hydrogen-bond donors (Lipinski definition) is 0. The Morgan fingerprint density at radius 2 is 1.54 bits per heavy atom. The molecule has 24 heavy (non-hydrogen) atoms. The molecule has 1 saturated carbocycles. The summed E-state index contributed by atoms with van der Waals surface area (Å²) in [6, 6.07) is 14.4. The first-order valence-electron chi connectivity index (χ1n) is 7.93. The van der Waals surface area contributed by atoms with Crippen molar-refractivity contribution in [2.75, 3.05) is 0 Å². The summed E-state index contributed by atoms with van der Waals surface area (Å²) in [6.45, 7) is 0. The molecule has 0 unspecified atom stereocenters. The van der Waals surface area contributed by atoms with Gasteiger partial charge >= 0.3 is 33.3 Å². The average molecular weight is 405 g/mol. The van der Waals surface area contributed by atoms with Crippen LogP contribution < -0.4 is 4.98 Å². The number of benzene rings is 1. The van der Waals surface area contributed by atoms with Gasteiger partial charge < -0.3 is 4.98 Å². The molecule has 2 aromatic rings. The molecular weight excluding hydrogens is 385 g/mol. The molecule has 0 N–H and O–H groups in total. The first-order chi connectivity index (χ1) is 11.8. The predicted octanol–water partition coefficient (Wildman–Crippen LogP) is 5.52. The molecule has 1 fully saturated rings. The Labute approximate surface area is 158 Å². The van der Waals surface area contributed by atoms with E-state index in [1.54, 1.807) is 6.21 Å². The van der Waals surface area contributed by atoms with Crippen molar-refractivity contribution in [3.63, 3.8) is 0 Å². The van der Waals surface area contributed by atoms with E-state index in [1.807, 2.05) is 48.7 Å². The van der Waals surface area contributed by atoms with E-state index < -0.39 is 0 Å². The summed E-state index contributed by atoms with van der Waals surface area (Å²) in [5.41, 5.74) is 2.75. The summed E-state index contributed by atoms with van der Waals surface area (Å²) >= 11 is 0.194. The van der Waals surface area contributed by atoms with Gasteiger partial charge in [0.1, 0.15) is 0 Å². The van der Waals surface area contributed by atoms with Gasteiger partial charge in [0.05, 0.1) is 5.69 Å². The van der Waals surface area contributed by atoms with Crippen molar-refractivity contribution in [3.8, 4) is 0 Å². The van der Waals surface area contributed by atoms with Crippen molar-refractivity contribution in [2.24, 2.45) is 9.98 Å². The second-order valence-electron chi connectivity index (χ2n) is 5.51. The molecule has 1 aliphatic rings. The fraction of sp³-hybridized carbons (Fsp3) is 0.333. The zero-order chi connectivity index (χ0) is 17.0. The predicted molar refractivity (Wildman–Crippen MR) is 99.6 cm³/mol. The standard InChI is InChI=1S/C18H20N3.2ClH.Fe/c1-3-7-15(8-4-1)19-13-17-11-12-18(21-17)14-20-16-9-5-2-6-10-16;;;/h1,3-4,7-8,11-14,16H,2,5-6,9-10H2;2*1H;/q-1;;;+3/p-2. The maximum absolute atomic E-state index is 4.76. The Morgan fingerprint density at radius 3 is 2.21 bits per heavy atom. The summed E-state index contributed by atoms with van der Waals surface area (Å²) in [5, 5.41) is 0. The molecule has 129 valence electrons. The molecule has 0 radical (unpaired) electrons. The van der Waals surface area contributed by atoms with Crippen molar-refractivity contribution in [3.05, 3.63) is 53.9 Å². The van der Waals surface area contributed by atoms with Crippen LogP contribution in [0.1, 0.15) is 43.5 Å². The molecular formula is C18H20Cl2FeN3. The van der Waals surface area contributed by atoms with E-state index in [9.17, 15) is 0 Å². The summed E-state index contributed by atoms with van der Waals surface area (Å²) in [7, 11) is 9.53. The van der Waals surface area contributed by atoms with Crippen LogP contribution in [0.15, 0.2) is 52.4 Å². The molecule has 1 aliphatic carbocycles. The fourth-order valence-corrected chi connectivity index (χ4v) is 2.60. The molecule has 0 aliphatic heterocycles. The Balaban J connectivity index is 0.000000647. The van der Waals surface area contributed by atoms with Crippen molar-refractivity contribution in [1.82, 2.24) is 4.98 Å². The number of aromatic nitrogens is 1. The van der Waals surface area contributed by atoms with E-state index >= 15 is 0 Å². The average Bonchev–Trinajstić information content (AvgIpc) is 3.09. The van der Waals surface area contributed by atoms with Gasteiger partial charge in [0.2, 0.25) is 0 Å². The van der Waals surface area contributed by atoms with Crippen LogP contribution in [0.3, 0.4) is 0 Å². The van der Waals surface area contributed by atoms with Gasteiger partial charge in [-0.3, -0.25) is 9.98 Å². The van der Waals surface area contributed by atoms with Crippen LogP contribution in [0.2, 0.25) is 0 Å². The van der Waals surface area contributed by atoms with Crippen LogP contribution in [0.4, 0.5) is 5.69 Å². The third kappa shape index (κ3) is 7.23. The molecule has 0 amide bonds. The summed E-state index contributed by atoms with van der Waals surface area (Å²) < 4.78 is 0. The second kappa shape index (κ2) is 11.5. The Bertz CT molecular complexity index is 635. The van der Waals surface area contributed by atoms with Gasteiger partial charge in [-0.2, -0.15) is 0 Å². The number of hydrogen-bond acceptors (Lipinski definition) is 2. The fourth-order valence-electron chi connectivity index (χ4n) is 2.60. The van der Waals surface area contributed by atoms with Crippen molar-refractivity contribution in [1.29, 1.82) is 0 Å². The molecule has 1 heterocycles. The van der Waals surface area contributed by atoms with Gasteiger partial charge in [-0.05, 0) is 25.0 Å². The van der Waals surface area contributed by atoms with E-state index in [-0.39, 0.29) is 13.1 Å². The number of halogens is 2. The molecule has 6 heteroatoms. The quantitative estimate of drug-likeness (QED) is 0.488. The van der Waals surface area contributed by atoms with Gasteiger partial charge in [-0.15, -0.1) is 11.4 Å². The normalized spacial score (nSPS) is 15.6. The zero-order valence-electron chi connectivity index (χ0n) is 13.3. The van der Waals surface area contributed by atoms with Crippen molar-refractivity contribution in [2.45, 2.75) is 38.1 Å². The molecule has 0 saturated heterocycles. The minimum absolute atomic E-state index is 0.194. The molecule has 0 bridgehead atoms. The molecule has 3 nitrogen and oxygen atoms in total. The van der Waals surface area contributed by atoms with Gasteiger partial charge in [-0.25, -0.2) is 0 Å². The Morgan fingerprint density at radius 1 is 0.917 bits per heavy atom. The van der Waals surface area contributed by atoms with Crippen molar-refractivity contribution >= 4 is 38.3 Å². The summed E-state index contributed by atoms with van der Waals surface area (Å²) in [4.78, 5) is 13.6. The molecule has 3 rings (SSSR count). The Hall–Kier alpha value is -1.06. The number of aliphatic imine (C=N–C) groups is 2. The van der Waals surface area contributed by atoms with Gasteiger partial charge in [0.15, 0.2) is 0 Å². The van der Waals surface area contributed by atoms with Crippen LogP contribution in [-0.2, 0) is 13.1 Å². The third-order valence-electron chi connectivity index (χ3n) is 3.78. The van der Waals surface area contributed by atoms with Gasteiger partial charge in [0, 0.05) is 18.5 Å². The zero-order valence-corrected chi connectivity index (χ0v) is 15.9. The van der Waals surface area contributed by atoms with E-state index in [1.165, 1.54) is 32.1 Å². The monoisotopic (exact) mass is 404 g/mol. The van der Waals surface area contributed by atoms with E-state index in [0.717, 1.165) is 17.1 Å². The first-order valence-corrected chi connectivity index (χ1v) is 11.0. The van der Waals surface area contributed by atoms with Crippen LogP contribution in [0.5, 0.6) is 0 Å². The topological polar surface area (TPSA) is 38.8 Å². The van der Waals surface area contributed by atoms with Crippen LogP contribution in [0.25, 0.3) is 0 Å². The second-order valence-corrected chi connectivity index (χ2v) is 7.33. The molecule has 1 aromatic carbocycles. The third-order valence-corrected chi connectivity index (χ3v) is 3.78. The van der Waals surface area contributed by atoms with Crippen molar-refractivity contribution < 1.29 is 13.1 Å². The van der Waals surface area contributed by atoms with E-state index in [4.69, 9.17) is 20.2 Å². The number of nitrogens with zero attached hydrogens (tertiary/aromatic N) is 3. The molecule has 0 spiro atoms. The SMILES string of the molecule is C(=Nc1ccccc1)c1ccc(C=NC2CCCCC2)[n-]1.[Cl][Fe+][Cl]. The van der Waals surface area contributed by atoms with Crippen LogP contribution >= 0.6 is 20.2 Å². The van der Waals surface area contributed by atoms with Crippen LogP contribution in [0, 0.1) is 0 Å². The van der Waals surface area contributed by atoms with Crippen LogP contribution in [-0.4, -0.2) is 18.5 Å². The minimum atomic E-state index is 0.194. The first kappa shape index (κ1) is 19.3. The summed E-state index contributed by atoms with van der Waals surface area (Å²) in [5.74, 6) is 0. The number of rotatable bonds is 4.